The highest BCUT2D eigenvalue weighted by Gasteiger charge is 2.59. The summed E-state index contributed by atoms with van der Waals surface area (Å²) in [5.74, 6) is -1.53. The van der Waals surface area contributed by atoms with Crippen LogP contribution in [-0.2, 0) is 14.8 Å². The second-order valence-corrected chi connectivity index (χ2v) is 9.23. The monoisotopic (exact) mass is 373 g/mol. The normalized spacial score (nSPS) is 28.0. The third-order valence-corrected chi connectivity index (χ3v) is 7.71. The second kappa shape index (κ2) is 5.80. The molecule has 1 aromatic heterocycles. The number of likely N-dealkylation sites (tertiary alicyclic amines) is 1. The number of carboxylic acids is 1. The van der Waals surface area contributed by atoms with Gasteiger partial charge in [0.25, 0.3) is 5.91 Å². The molecule has 8 nitrogen and oxygen atoms in total. The van der Waals surface area contributed by atoms with Gasteiger partial charge in [0.15, 0.2) is 0 Å². The maximum atomic E-state index is 12.8. The first-order valence-electron chi connectivity index (χ1n) is 7.43. The van der Waals surface area contributed by atoms with E-state index in [2.05, 4.69) is 5.32 Å². The van der Waals surface area contributed by atoms with Crippen LogP contribution < -0.4 is 5.32 Å². The molecule has 2 N–H and O–H groups in total. The Kier molecular flexibility index (Phi) is 4.19. The molecule has 2 aliphatic heterocycles. The molecule has 3 rings (SSSR count). The van der Waals surface area contributed by atoms with Gasteiger partial charge in [0, 0.05) is 44.5 Å². The zero-order valence-corrected chi connectivity index (χ0v) is 15.0. The standard InChI is InChI=1S/C14H19N3O5S2/c1-15-12(18)11-3-10(6-23-11)24(21,22)17-5-9-4-16(2)7-14(9,8-17)13(19)20/h3,6,9H,4-5,7-8H2,1-2H3,(H,15,18)(H,19,20)/t9-,14-/m0/s1. The molecule has 10 heteroatoms. The topological polar surface area (TPSA) is 107 Å². The highest BCUT2D eigenvalue weighted by atomic mass is 32.2. The third-order valence-electron chi connectivity index (χ3n) is 4.84. The Balaban J connectivity index is 1.88. The first-order valence-corrected chi connectivity index (χ1v) is 9.75. The van der Waals surface area contributed by atoms with Crippen molar-refractivity contribution in [2.75, 3.05) is 40.3 Å². The fourth-order valence-corrected chi connectivity index (χ4v) is 6.36. The summed E-state index contributed by atoms with van der Waals surface area (Å²) in [5.41, 5.74) is -1.05. The Morgan fingerprint density at radius 3 is 2.67 bits per heavy atom. The molecule has 1 amide bonds. The average molecular weight is 373 g/mol. The summed E-state index contributed by atoms with van der Waals surface area (Å²) in [6, 6.07) is 1.34. The van der Waals surface area contributed by atoms with Crippen LogP contribution in [0.25, 0.3) is 0 Å². The number of aliphatic carboxylic acids is 1. The summed E-state index contributed by atoms with van der Waals surface area (Å²) in [5, 5.41) is 13.5. The van der Waals surface area contributed by atoms with E-state index in [0.29, 0.717) is 18.0 Å². The highest BCUT2D eigenvalue weighted by molar-refractivity contribution is 7.89. The molecule has 2 atom stereocenters. The number of hydrogen-bond acceptors (Lipinski definition) is 6. The molecule has 2 aliphatic rings. The largest absolute Gasteiger partial charge is 0.481 e. The van der Waals surface area contributed by atoms with Crippen LogP contribution in [0, 0.1) is 11.3 Å². The fraction of sp³-hybridized carbons (Fsp3) is 0.571. The van der Waals surface area contributed by atoms with Gasteiger partial charge in [-0.2, -0.15) is 4.31 Å². The number of amides is 1. The lowest BCUT2D eigenvalue weighted by molar-refractivity contribution is -0.148. The second-order valence-electron chi connectivity index (χ2n) is 6.38. The SMILES string of the molecule is CNC(=O)c1cc(S(=O)(=O)N2C[C@@H]3CN(C)C[C@]3(C(=O)O)C2)cs1. The Bertz CT molecular complexity index is 790. The number of carboxylic acid groups (broad SMARTS) is 1. The molecule has 0 radical (unpaired) electrons. The summed E-state index contributed by atoms with van der Waals surface area (Å²) in [6.45, 7) is 1.05. The molecule has 0 aromatic carbocycles. The number of carbonyl (C=O) groups is 2. The maximum Gasteiger partial charge on any atom is 0.312 e. The third kappa shape index (κ3) is 2.53. The summed E-state index contributed by atoms with van der Waals surface area (Å²) >= 11 is 1.05. The van der Waals surface area contributed by atoms with Crippen molar-refractivity contribution in [1.29, 1.82) is 0 Å². The Morgan fingerprint density at radius 2 is 2.08 bits per heavy atom. The molecular weight excluding hydrogens is 354 g/mol. The van der Waals surface area contributed by atoms with Gasteiger partial charge in [0.1, 0.15) is 0 Å². The van der Waals surface area contributed by atoms with E-state index in [9.17, 15) is 23.1 Å². The quantitative estimate of drug-likeness (QED) is 0.753. The average Bonchev–Trinajstić information content (AvgIpc) is 3.18. The molecule has 0 bridgehead atoms. The van der Waals surface area contributed by atoms with Crippen LogP contribution in [0.1, 0.15) is 9.67 Å². The van der Waals surface area contributed by atoms with Crippen molar-refractivity contribution in [2.45, 2.75) is 4.90 Å². The number of hydrogen-bond donors (Lipinski definition) is 2. The van der Waals surface area contributed by atoms with Gasteiger partial charge in [-0.15, -0.1) is 11.3 Å². The molecule has 2 saturated heterocycles. The number of nitrogens with one attached hydrogen (secondary N) is 1. The number of thiophene rings is 1. The molecule has 132 valence electrons. The first kappa shape index (κ1) is 17.3. The van der Waals surface area contributed by atoms with Crippen molar-refractivity contribution in [2.24, 2.45) is 11.3 Å². The van der Waals surface area contributed by atoms with Crippen LogP contribution in [0.15, 0.2) is 16.3 Å². The predicted octanol–water partition coefficient (Wildman–Crippen LogP) is -0.255. The number of nitrogens with zero attached hydrogens (tertiary/aromatic N) is 2. The van der Waals surface area contributed by atoms with Crippen LogP contribution >= 0.6 is 11.3 Å². The molecule has 0 saturated carbocycles. The smallest absolute Gasteiger partial charge is 0.312 e. The van der Waals surface area contributed by atoms with Crippen molar-refractivity contribution in [1.82, 2.24) is 14.5 Å². The van der Waals surface area contributed by atoms with Gasteiger partial charge < -0.3 is 15.3 Å². The zero-order chi connectivity index (χ0) is 17.7. The van der Waals surface area contributed by atoms with E-state index >= 15 is 0 Å². The van der Waals surface area contributed by atoms with Crippen molar-refractivity contribution in [3.8, 4) is 0 Å². The number of carbonyl (C=O) groups excluding carboxylic acids is 1. The maximum absolute atomic E-state index is 12.8. The van der Waals surface area contributed by atoms with Gasteiger partial charge in [0.2, 0.25) is 10.0 Å². The van der Waals surface area contributed by atoms with Gasteiger partial charge in [-0.25, -0.2) is 8.42 Å². The van der Waals surface area contributed by atoms with Crippen molar-refractivity contribution in [3.05, 3.63) is 16.3 Å². The first-order chi connectivity index (χ1) is 11.2. The molecule has 24 heavy (non-hydrogen) atoms. The van der Waals surface area contributed by atoms with Gasteiger partial charge in [-0.1, -0.05) is 0 Å². The van der Waals surface area contributed by atoms with Crippen LogP contribution in [0.3, 0.4) is 0 Å². The molecule has 0 unspecified atom stereocenters. The lowest BCUT2D eigenvalue weighted by Crippen LogP contribution is -2.41. The lowest BCUT2D eigenvalue weighted by Gasteiger charge is -2.23. The van der Waals surface area contributed by atoms with Crippen LogP contribution in [-0.4, -0.2) is 74.9 Å². The van der Waals surface area contributed by atoms with Crippen LogP contribution in [0.2, 0.25) is 0 Å². The van der Waals surface area contributed by atoms with Gasteiger partial charge in [-0.3, -0.25) is 9.59 Å². The number of sulfonamides is 1. The number of fused-ring (bicyclic) bond motifs is 1. The Morgan fingerprint density at radius 1 is 1.38 bits per heavy atom. The lowest BCUT2D eigenvalue weighted by atomic mass is 9.81. The fourth-order valence-electron chi connectivity index (χ4n) is 3.60. The summed E-state index contributed by atoms with van der Waals surface area (Å²) in [6.07, 6.45) is 0. The minimum Gasteiger partial charge on any atom is -0.481 e. The van der Waals surface area contributed by atoms with Gasteiger partial charge in [-0.05, 0) is 13.1 Å². The van der Waals surface area contributed by atoms with Crippen molar-refractivity contribution >= 4 is 33.2 Å². The molecule has 0 aliphatic carbocycles. The van der Waals surface area contributed by atoms with E-state index in [0.717, 1.165) is 11.3 Å². The van der Waals surface area contributed by atoms with Crippen molar-refractivity contribution < 1.29 is 23.1 Å². The van der Waals surface area contributed by atoms with E-state index in [4.69, 9.17) is 0 Å². The molecular formula is C14H19N3O5S2. The van der Waals surface area contributed by atoms with Crippen LogP contribution in [0.4, 0.5) is 0 Å². The Labute approximate surface area is 144 Å². The molecule has 2 fully saturated rings. The highest BCUT2D eigenvalue weighted by Crippen LogP contribution is 2.44. The van der Waals surface area contributed by atoms with E-state index < -0.39 is 21.4 Å². The van der Waals surface area contributed by atoms with Crippen LogP contribution in [0.5, 0.6) is 0 Å². The van der Waals surface area contributed by atoms with Gasteiger partial charge >= 0.3 is 5.97 Å². The molecule has 3 heterocycles. The minimum atomic E-state index is -3.81. The van der Waals surface area contributed by atoms with E-state index in [1.165, 1.54) is 22.8 Å². The minimum absolute atomic E-state index is 0.0369. The zero-order valence-electron chi connectivity index (χ0n) is 13.4. The van der Waals surface area contributed by atoms with Crippen molar-refractivity contribution in [3.63, 3.8) is 0 Å². The summed E-state index contributed by atoms with van der Waals surface area (Å²) < 4.78 is 26.9. The van der Waals surface area contributed by atoms with E-state index in [-0.39, 0.29) is 29.8 Å². The van der Waals surface area contributed by atoms with Gasteiger partial charge in [0.05, 0.1) is 15.2 Å². The molecule has 1 aromatic rings. The predicted molar refractivity (Wildman–Crippen MR) is 87.5 cm³/mol. The Hall–Kier alpha value is -1.49. The summed E-state index contributed by atoms with van der Waals surface area (Å²) in [4.78, 5) is 25.7. The van der Waals surface area contributed by atoms with E-state index in [1.54, 1.807) is 0 Å². The molecule has 0 spiro atoms. The van der Waals surface area contributed by atoms with E-state index in [1.807, 2.05) is 11.9 Å². The summed E-state index contributed by atoms with van der Waals surface area (Å²) in [7, 11) is -0.488. The number of rotatable bonds is 4.